The van der Waals surface area contributed by atoms with Gasteiger partial charge in [0.05, 0.1) is 40.3 Å². The fourth-order valence-electron chi connectivity index (χ4n) is 7.73. The molecule has 0 saturated heterocycles. The molecule has 0 aromatic heterocycles. The summed E-state index contributed by atoms with van der Waals surface area (Å²) in [6.45, 7) is 4.53. The number of aliphatic carboxylic acids is 1. The lowest BCUT2D eigenvalue weighted by atomic mass is 10.1. The van der Waals surface area contributed by atoms with Crippen molar-refractivity contribution < 1.29 is 42.9 Å². The highest BCUT2D eigenvalue weighted by atomic mass is 16.7. The molecule has 0 saturated carbocycles. The second kappa shape index (κ2) is 60.0. The van der Waals surface area contributed by atoms with Crippen LogP contribution in [0.2, 0.25) is 0 Å². The zero-order valence-corrected chi connectivity index (χ0v) is 51.1. The minimum atomic E-state index is -1.64. The van der Waals surface area contributed by atoms with Gasteiger partial charge < -0.3 is 33.3 Å². The van der Waals surface area contributed by atoms with Crippen molar-refractivity contribution >= 4 is 17.9 Å². The quantitative estimate of drug-likeness (QED) is 0.0195. The van der Waals surface area contributed by atoms with Gasteiger partial charge in [-0.25, -0.2) is 0 Å². The Balaban J connectivity index is 4.20. The molecule has 0 aliphatic carbocycles. The molecule has 0 aromatic carbocycles. The zero-order valence-electron chi connectivity index (χ0n) is 51.1. The van der Waals surface area contributed by atoms with Gasteiger partial charge in [0.1, 0.15) is 13.2 Å². The number of esters is 2. The van der Waals surface area contributed by atoms with E-state index in [4.69, 9.17) is 18.9 Å². The normalized spacial score (nSPS) is 13.9. The summed E-state index contributed by atoms with van der Waals surface area (Å²) in [7, 11) is 5.90. The molecule has 80 heavy (non-hydrogen) atoms. The van der Waals surface area contributed by atoms with E-state index < -0.39 is 24.3 Å². The van der Waals surface area contributed by atoms with Crippen LogP contribution in [0.5, 0.6) is 0 Å². The van der Waals surface area contributed by atoms with Crippen LogP contribution >= 0.6 is 0 Å². The van der Waals surface area contributed by atoms with E-state index in [-0.39, 0.29) is 38.6 Å². The number of carboxylic acids is 1. The molecule has 9 nitrogen and oxygen atoms in total. The van der Waals surface area contributed by atoms with Crippen molar-refractivity contribution in [1.82, 2.24) is 0 Å². The van der Waals surface area contributed by atoms with Crippen molar-refractivity contribution in [2.45, 2.75) is 225 Å². The Morgan fingerprint density at radius 2 is 0.713 bits per heavy atom. The first-order chi connectivity index (χ1) is 39.1. The highest BCUT2D eigenvalue weighted by Gasteiger charge is 2.22. The number of carboxylic acid groups (broad SMARTS) is 1. The maximum Gasteiger partial charge on any atom is 0.306 e. The Bertz CT molecular complexity index is 1870. The van der Waals surface area contributed by atoms with Crippen LogP contribution < -0.4 is 5.11 Å². The maximum absolute atomic E-state index is 12.9. The Morgan fingerprint density at radius 1 is 0.388 bits per heavy atom. The van der Waals surface area contributed by atoms with Gasteiger partial charge in [-0.3, -0.25) is 9.59 Å². The molecule has 0 bridgehead atoms. The van der Waals surface area contributed by atoms with Crippen molar-refractivity contribution in [3.63, 3.8) is 0 Å². The Morgan fingerprint density at radius 3 is 1.06 bits per heavy atom. The van der Waals surface area contributed by atoms with Crippen LogP contribution in [0.1, 0.15) is 213 Å². The first-order valence-corrected chi connectivity index (χ1v) is 31.1. The summed E-state index contributed by atoms with van der Waals surface area (Å²) >= 11 is 0. The zero-order chi connectivity index (χ0) is 58.3. The third kappa shape index (κ3) is 60.5. The van der Waals surface area contributed by atoms with Gasteiger partial charge in [-0.05, 0) is 122 Å². The summed E-state index contributed by atoms with van der Waals surface area (Å²) in [5, 5.41) is 11.8. The standard InChI is InChI=1S/C71H113NO8/c1-6-8-10-12-14-16-18-20-22-23-24-25-26-27-28-29-30-31-32-33-34-35-36-37-38-39-40-41-42-43-44-45-46-47-48-50-52-54-56-58-60-62-69(74)80-67(66-79-71(70(75)76)77-64-63-72(3,4)5)65-78-68(73)61-59-57-55-53-51-49-21-19-17-15-13-11-9-7-2/h8,10,13-16,19-22,24-25,27-28,30-31,33-34,36-37,39-40,42-43,45-46,67,71H,6-7,9,11-12,17-18,23,26,29,32,35,38,41,44,47-66H2,1-5H3/b10-8-,15-13-,16-14-,21-19-,22-20-,25-24-,28-27-,31-30-,34-33-,37-36-,40-39-,43-42-,46-45-. The topological polar surface area (TPSA) is 111 Å². The molecule has 9 heteroatoms. The predicted molar refractivity (Wildman–Crippen MR) is 338 cm³/mol. The van der Waals surface area contributed by atoms with E-state index in [1.165, 1.54) is 25.7 Å². The van der Waals surface area contributed by atoms with Gasteiger partial charge in [-0.2, -0.15) is 0 Å². The van der Waals surface area contributed by atoms with Crippen molar-refractivity contribution in [3.8, 4) is 0 Å². The number of likely N-dealkylation sites (N-methyl/N-ethyl adjacent to an activating group) is 1. The molecule has 0 aromatic rings. The van der Waals surface area contributed by atoms with E-state index in [1.54, 1.807) is 0 Å². The second-order valence-electron chi connectivity index (χ2n) is 21.3. The largest absolute Gasteiger partial charge is 0.545 e. The first-order valence-electron chi connectivity index (χ1n) is 31.1. The van der Waals surface area contributed by atoms with Crippen LogP contribution in [0.15, 0.2) is 158 Å². The predicted octanol–water partition coefficient (Wildman–Crippen LogP) is 17.6. The molecule has 0 amide bonds. The summed E-state index contributed by atoms with van der Waals surface area (Å²) in [6, 6.07) is 0. The van der Waals surface area contributed by atoms with Crippen LogP contribution in [-0.2, 0) is 33.3 Å². The number of unbranched alkanes of at least 4 members (excludes halogenated alkanes) is 14. The molecule has 0 spiro atoms. The van der Waals surface area contributed by atoms with Gasteiger partial charge in [-0.15, -0.1) is 0 Å². The van der Waals surface area contributed by atoms with Gasteiger partial charge in [-0.1, -0.05) is 236 Å². The molecular weight excluding hydrogens is 995 g/mol. The van der Waals surface area contributed by atoms with E-state index in [9.17, 15) is 19.5 Å². The SMILES string of the molecule is CC/C=C\C/C=C\C/C=C\C/C=C\C/C=C\C/C=C\C/C=C\C/C=C\C/C=C\C/C=C\C/C=C\CCCCCCCCCC(=O)OC(COC(=O)CCCCCCC/C=C\C/C=C\CCCC)COC(OCC[N+](C)(C)C)C(=O)[O-]. The maximum atomic E-state index is 12.9. The molecule has 0 aliphatic rings. The fraction of sp³-hybridized carbons (Fsp3) is 0.592. The average molecular weight is 1110 g/mol. The Hall–Kier alpha value is -5.09. The minimum absolute atomic E-state index is 0.135. The lowest BCUT2D eigenvalue weighted by Crippen LogP contribution is -2.44. The number of hydrogen-bond donors (Lipinski definition) is 0. The highest BCUT2D eigenvalue weighted by molar-refractivity contribution is 5.70. The van der Waals surface area contributed by atoms with Crippen molar-refractivity contribution in [2.24, 2.45) is 0 Å². The molecule has 2 unspecified atom stereocenters. The van der Waals surface area contributed by atoms with Crippen LogP contribution in [0.4, 0.5) is 0 Å². The number of hydrogen-bond acceptors (Lipinski definition) is 8. The summed E-state index contributed by atoms with van der Waals surface area (Å²) in [6.07, 6.45) is 85.9. The van der Waals surface area contributed by atoms with Crippen LogP contribution in [0.3, 0.4) is 0 Å². The molecule has 0 heterocycles. The lowest BCUT2D eigenvalue weighted by Gasteiger charge is -2.26. The van der Waals surface area contributed by atoms with Crippen LogP contribution in [-0.4, -0.2) is 82.3 Å². The third-order valence-electron chi connectivity index (χ3n) is 12.5. The van der Waals surface area contributed by atoms with E-state index in [0.717, 1.165) is 148 Å². The van der Waals surface area contributed by atoms with E-state index in [2.05, 4.69) is 172 Å². The summed E-state index contributed by atoms with van der Waals surface area (Å²) in [4.78, 5) is 37.2. The van der Waals surface area contributed by atoms with Crippen molar-refractivity contribution in [3.05, 3.63) is 158 Å². The summed E-state index contributed by atoms with van der Waals surface area (Å²) < 4.78 is 22.6. The average Bonchev–Trinajstić information content (AvgIpc) is 3.43. The molecule has 0 aliphatic heterocycles. The number of carbonyl (C=O) groups excluding carboxylic acids is 3. The molecule has 0 fully saturated rings. The third-order valence-corrected chi connectivity index (χ3v) is 12.5. The first kappa shape index (κ1) is 74.9. The van der Waals surface area contributed by atoms with Gasteiger partial charge in [0.25, 0.3) is 0 Å². The van der Waals surface area contributed by atoms with Crippen LogP contribution in [0, 0.1) is 0 Å². The van der Waals surface area contributed by atoms with Crippen LogP contribution in [0.25, 0.3) is 0 Å². The summed E-state index contributed by atoms with van der Waals surface area (Å²) in [5.74, 6) is -2.34. The van der Waals surface area contributed by atoms with Gasteiger partial charge >= 0.3 is 11.9 Å². The van der Waals surface area contributed by atoms with Gasteiger partial charge in [0, 0.05) is 12.8 Å². The Labute approximate surface area is 489 Å². The van der Waals surface area contributed by atoms with E-state index in [1.807, 2.05) is 21.1 Å². The monoisotopic (exact) mass is 1110 g/mol. The fourth-order valence-corrected chi connectivity index (χ4v) is 7.73. The molecule has 450 valence electrons. The molecular formula is C71H113NO8. The number of rotatable bonds is 55. The number of nitrogens with zero attached hydrogens (tertiary/aromatic N) is 1. The van der Waals surface area contributed by atoms with E-state index >= 15 is 0 Å². The number of carbonyl (C=O) groups is 3. The number of quaternary nitrogens is 1. The Kier molecular flexibility index (Phi) is 56.2. The summed E-state index contributed by atoms with van der Waals surface area (Å²) in [5.41, 5.74) is 0. The van der Waals surface area contributed by atoms with Crippen molar-refractivity contribution in [2.75, 3.05) is 47.5 Å². The highest BCUT2D eigenvalue weighted by Crippen LogP contribution is 2.13. The number of allylic oxidation sites excluding steroid dienone is 26. The molecule has 0 rings (SSSR count). The smallest absolute Gasteiger partial charge is 0.306 e. The van der Waals surface area contributed by atoms with Gasteiger partial charge in [0.2, 0.25) is 0 Å². The molecule has 0 N–H and O–H groups in total. The molecule has 2 atom stereocenters. The minimum Gasteiger partial charge on any atom is -0.545 e. The van der Waals surface area contributed by atoms with E-state index in [0.29, 0.717) is 23.9 Å². The lowest BCUT2D eigenvalue weighted by molar-refractivity contribution is -0.870. The number of ether oxygens (including phenoxy) is 4. The molecule has 0 radical (unpaired) electrons. The van der Waals surface area contributed by atoms with Crippen molar-refractivity contribution in [1.29, 1.82) is 0 Å². The van der Waals surface area contributed by atoms with Gasteiger partial charge in [0.15, 0.2) is 12.4 Å². The second-order valence-corrected chi connectivity index (χ2v) is 21.3.